The minimum absolute atomic E-state index is 0.00510. The highest BCUT2D eigenvalue weighted by Crippen LogP contribution is 2.13. The van der Waals surface area contributed by atoms with Crippen molar-refractivity contribution < 1.29 is 9.59 Å². The van der Waals surface area contributed by atoms with Crippen molar-refractivity contribution in [2.75, 3.05) is 5.32 Å². The van der Waals surface area contributed by atoms with Gasteiger partial charge in [0.15, 0.2) is 5.78 Å². The molecule has 0 fully saturated rings. The number of hydrogen-bond donors (Lipinski definition) is 1. The summed E-state index contributed by atoms with van der Waals surface area (Å²) < 4.78 is 2.60. The number of amides is 1. The summed E-state index contributed by atoms with van der Waals surface area (Å²) in [5, 5.41) is 6.96. The second kappa shape index (κ2) is 6.67. The summed E-state index contributed by atoms with van der Waals surface area (Å²) in [5.41, 5.74) is 1.31. The van der Waals surface area contributed by atoms with Gasteiger partial charge in [0.2, 0.25) is 5.91 Å². The minimum atomic E-state index is -0.218. The Balaban J connectivity index is 1.95. The number of Topliss-reactive ketones (excluding diaryl/α,β-unsaturated/α-hetero) is 1. The highest BCUT2D eigenvalue weighted by Gasteiger charge is 2.14. The Labute approximate surface area is 131 Å². The van der Waals surface area contributed by atoms with Gasteiger partial charge in [0, 0.05) is 17.4 Å². The lowest BCUT2D eigenvalue weighted by atomic mass is 10.1. The van der Waals surface area contributed by atoms with Crippen molar-refractivity contribution in [1.82, 2.24) is 9.78 Å². The maximum absolute atomic E-state index is 12.1. The molecule has 1 unspecified atom stereocenters. The van der Waals surface area contributed by atoms with Crippen LogP contribution in [0, 0.1) is 5.92 Å². The Morgan fingerprint density at radius 2 is 2.00 bits per heavy atom. The molecular formula is C15H16BrN3O2. The maximum atomic E-state index is 12.1. The normalized spacial score (nSPS) is 12.0. The predicted molar refractivity (Wildman–Crippen MR) is 84.2 cm³/mol. The highest BCUT2D eigenvalue weighted by molar-refractivity contribution is 9.10. The van der Waals surface area contributed by atoms with Gasteiger partial charge >= 0.3 is 0 Å². The molecule has 21 heavy (non-hydrogen) atoms. The molecule has 0 aliphatic rings. The Bertz CT molecular complexity index is 649. The summed E-state index contributed by atoms with van der Waals surface area (Å²) >= 11 is 3.32. The van der Waals surface area contributed by atoms with Gasteiger partial charge < -0.3 is 5.32 Å². The zero-order chi connectivity index (χ0) is 15.4. The lowest BCUT2D eigenvalue weighted by molar-refractivity contribution is -0.119. The fraction of sp³-hybridized carbons (Fsp3) is 0.267. The molecule has 1 aromatic carbocycles. The summed E-state index contributed by atoms with van der Waals surface area (Å²) in [5.74, 6) is -0.299. The zero-order valence-electron chi connectivity index (χ0n) is 11.8. The highest BCUT2D eigenvalue weighted by atomic mass is 79.9. The molecule has 1 N–H and O–H groups in total. The molecule has 1 heterocycles. The van der Waals surface area contributed by atoms with Crippen molar-refractivity contribution in [2.24, 2.45) is 5.92 Å². The van der Waals surface area contributed by atoms with Crippen molar-refractivity contribution in [3.8, 4) is 0 Å². The van der Waals surface area contributed by atoms with Crippen molar-refractivity contribution in [1.29, 1.82) is 0 Å². The molecule has 0 bridgehead atoms. The van der Waals surface area contributed by atoms with Crippen LogP contribution in [0.4, 0.5) is 5.69 Å². The molecule has 2 aromatic rings. The molecular weight excluding hydrogens is 334 g/mol. The molecule has 0 aliphatic carbocycles. The van der Waals surface area contributed by atoms with Gasteiger partial charge in [0.1, 0.15) is 0 Å². The first-order valence-electron chi connectivity index (χ1n) is 6.55. The molecule has 0 aliphatic heterocycles. The van der Waals surface area contributed by atoms with Crippen LogP contribution < -0.4 is 5.32 Å². The number of benzene rings is 1. The SMILES string of the molecule is CC(=O)c1ccc(NC(=O)C(C)Cn2cc(Br)cn2)cc1. The van der Waals surface area contributed by atoms with Crippen molar-refractivity contribution in [2.45, 2.75) is 20.4 Å². The van der Waals surface area contributed by atoms with E-state index >= 15 is 0 Å². The van der Waals surface area contributed by atoms with E-state index in [0.717, 1.165) is 4.47 Å². The van der Waals surface area contributed by atoms with Crippen LogP contribution in [0.15, 0.2) is 41.1 Å². The average Bonchev–Trinajstić information content (AvgIpc) is 2.84. The van der Waals surface area contributed by atoms with E-state index in [4.69, 9.17) is 0 Å². The summed E-state index contributed by atoms with van der Waals surface area (Å²) in [6, 6.07) is 6.86. The van der Waals surface area contributed by atoms with Crippen LogP contribution in [-0.2, 0) is 11.3 Å². The topological polar surface area (TPSA) is 64.0 Å². The van der Waals surface area contributed by atoms with Crippen LogP contribution in [-0.4, -0.2) is 21.5 Å². The molecule has 0 saturated carbocycles. The van der Waals surface area contributed by atoms with E-state index in [2.05, 4.69) is 26.3 Å². The van der Waals surface area contributed by atoms with E-state index in [0.29, 0.717) is 17.8 Å². The number of ketones is 1. The van der Waals surface area contributed by atoms with E-state index in [1.54, 1.807) is 35.1 Å². The maximum Gasteiger partial charge on any atom is 0.229 e. The van der Waals surface area contributed by atoms with Gasteiger partial charge in [0.25, 0.3) is 0 Å². The monoisotopic (exact) mass is 349 g/mol. The number of aromatic nitrogens is 2. The van der Waals surface area contributed by atoms with Gasteiger partial charge in [0.05, 0.1) is 23.1 Å². The number of halogens is 1. The molecule has 0 radical (unpaired) electrons. The van der Waals surface area contributed by atoms with E-state index < -0.39 is 0 Å². The second-order valence-electron chi connectivity index (χ2n) is 4.90. The summed E-state index contributed by atoms with van der Waals surface area (Å²) in [6.07, 6.45) is 3.51. The van der Waals surface area contributed by atoms with Gasteiger partial charge in [-0.25, -0.2) is 0 Å². The van der Waals surface area contributed by atoms with E-state index in [1.807, 2.05) is 13.1 Å². The van der Waals surface area contributed by atoms with Crippen molar-refractivity contribution >= 4 is 33.3 Å². The molecule has 2 rings (SSSR count). The number of carbonyl (C=O) groups excluding carboxylic acids is 2. The van der Waals surface area contributed by atoms with E-state index in [1.165, 1.54) is 6.92 Å². The average molecular weight is 350 g/mol. The van der Waals surface area contributed by atoms with Gasteiger partial charge in [-0.15, -0.1) is 0 Å². The minimum Gasteiger partial charge on any atom is -0.326 e. The Morgan fingerprint density at radius 1 is 1.33 bits per heavy atom. The molecule has 1 amide bonds. The van der Waals surface area contributed by atoms with E-state index in [-0.39, 0.29) is 17.6 Å². The van der Waals surface area contributed by atoms with Crippen LogP contribution in [0.1, 0.15) is 24.2 Å². The van der Waals surface area contributed by atoms with Crippen LogP contribution in [0.5, 0.6) is 0 Å². The molecule has 0 spiro atoms. The fourth-order valence-corrected chi connectivity index (χ4v) is 2.18. The largest absolute Gasteiger partial charge is 0.326 e. The third kappa shape index (κ3) is 4.26. The summed E-state index contributed by atoms with van der Waals surface area (Å²) in [6.45, 7) is 3.86. The van der Waals surface area contributed by atoms with Gasteiger partial charge in [-0.05, 0) is 47.1 Å². The van der Waals surface area contributed by atoms with Crippen LogP contribution in [0.2, 0.25) is 0 Å². The van der Waals surface area contributed by atoms with Crippen LogP contribution in [0.25, 0.3) is 0 Å². The van der Waals surface area contributed by atoms with Gasteiger partial charge in [-0.1, -0.05) is 6.92 Å². The third-order valence-electron chi connectivity index (χ3n) is 3.07. The third-order valence-corrected chi connectivity index (χ3v) is 3.48. The number of hydrogen-bond acceptors (Lipinski definition) is 3. The number of rotatable bonds is 5. The fourth-order valence-electron chi connectivity index (χ4n) is 1.86. The smallest absolute Gasteiger partial charge is 0.229 e. The Morgan fingerprint density at radius 3 is 2.52 bits per heavy atom. The number of carbonyl (C=O) groups is 2. The molecule has 1 atom stereocenters. The first-order chi connectivity index (χ1) is 9.95. The quantitative estimate of drug-likeness (QED) is 0.843. The summed E-state index contributed by atoms with van der Waals surface area (Å²) in [4.78, 5) is 23.3. The Hall–Kier alpha value is -1.95. The van der Waals surface area contributed by atoms with E-state index in [9.17, 15) is 9.59 Å². The van der Waals surface area contributed by atoms with Crippen LogP contribution >= 0.6 is 15.9 Å². The standard InChI is InChI=1S/C15H16BrN3O2/c1-10(8-19-9-13(16)7-17-19)15(21)18-14-5-3-12(4-6-14)11(2)20/h3-7,9-10H,8H2,1-2H3,(H,18,21). The second-order valence-corrected chi connectivity index (χ2v) is 5.82. The Kier molecular flexibility index (Phi) is 4.90. The van der Waals surface area contributed by atoms with Crippen molar-refractivity contribution in [3.63, 3.8) is 0 Å². The van der Waals surface area contributed by atoms with Gasteiger partial charge in [-0.3, -0.25) is 14.3 Å². The lowest BCUT2D eigenvalue weighted by Gasteiger charge is -2.12. The van der Waals surface area contributed by atoms with Crippen molar-refractivity contribution in [3.05, 3.63) is 46.7 Å². The number of nitrogens with zero attached hydrogens (tertiary/aromatic N) is 2. The molecule has 0 saturated heterocycles. The molecule has 5 nitrogen and oxygen atoms in total. The lowest BCUT2D eigenvalue weighted by Crippen LogP contribution is -2.24. The predicted octanol–water partition coefficient (Wildman–Crippen LogP) is 3.12. The molecule has 110 valence electrons. The molecule has 1 aromatic heterocycles. The zero-order valence-corrected chi connectivity index (χ0v) is 13.4. The summed E-state index contributed by atoms with van der Waals surface area (Å²) in [7, 11) is 0. The number of anilines is 1. The van der Waals surface area contributed by atoms with Gasteiger partial charge in [-0.2, -0.15) is 5.10 Å². The first-order valence-corrected chi connectivity index (χ1v) is 7.35. The molecule has 6 heteroatoms. The van der Waals surface area contributed by atoms with Crippen LogP contribution in [0.3, 0.4) is 0 Å². The number of nitrogens with one attached hydrogen (secondary N) is 1. The first kappa shape index (κ1) is 15.4.